The van der Waals surface area contributed by atoms with E-state index in [0.29, 0.717) is 23.7 Å². The first-order valence-electron chi connectivity index (χ1n) is 13.2. The van der Waals surface area contributed by atoms with Crippen LogP contribution in [0.3, 0.4) is 0 Å². The second-order valence-corrected chi connectivity index (χ2v) is 11.0. The molecule has 7 heteroatoms. The van der Waals surface area contributed by atoms with Crippen LogP contribution < -0.4 is 5.32 Å². The quantitative estimate of drug-likeness (QED) is 0.145. The molecule has 198 valence electrons. The molecule has 0 aliphatic carbocycles. The summed E-state index contributed by atoms with van der Waals surface area (Å²) in [7, 11) is 0. The van der Waals surface area contributed by atoms with E-state index in [4.69, 9.17) is 11.6 Å². The Bertz CT molecular complexity index is 1360. The molecule has 4 rings (SSSR count). The molecule has 0 spiro atoms. The van der Waals surface area contributed by atoms with Crippen LogP contribution in [0.5, 0.6) is 0 Å². The third-order valence-corrected chi connectivity index (χ3v) is 7.69. The maximum absolute atomic E-state index is 13.0. The van der Waals surface area contributed by atoms with Gasteiger partial charge in [0.05, 0.1) is 11.7 Å². The number of amides is 1. The zero-order chi connectivity index (χ0) is 26.9. The van der Waals surface area contributed by atoms with E-state index in [2.05, 4.69) is 77.3 Å². The van der Waals surface area contributed by atoms with Crippen molar-refractivity contribution in [1.82, 2.24) is 20.1 Å². The van der Waals surface area contributed by atoms with E-state index >= 15 is 0 Å². The smallest absolute Gasteiger partial charge is 0.220 e. The Morgan fingerprint density at radius 3 is 2.53 bits per heavy atom. The molecule has 0 saturated carbocycles. The molecule has 38 heavy (non-hydrogen) atoms. The minimum atomic E-state index is -0.342. The Morgan fingerprint density at radius 2 is 1.76 bits per heavy atom. The fourth-order valence-electron chi connectivity index (χ4n) is 4.46. The number of rotatable bonds is 12. The van der Waals surface area contributed by atoms with Gasteiger partial charge in [-0.25, -0.2) is 0 Å². The summed E-state index contributed by atoms with van der Waals surface area (Å²) in [5, 5.41) is 14.0. The van der Waals surface area contributed by atoms with Crippen molar-refractivity contribution < 1.29 is 4.79 Å². The van der Waals surface area contributed by atoms with Crippen LogP contribution in [0.25, 0.3) is 5.69 Å². The summed E-state index contributed by atoms with van der Waals surface area (Å²) in [5.41, 5.74) is 5.55. The van der Waals surface area contributed by atoms with Gasteiger partial charge in [0.1, 0.15) is 0 Å². The summed E-state index contributed by atoms with van der Waals surface area (Å²) in [6.45, 7) is 6.29. The van der Waals surface area contributed by atoms with Gasteiger partial charge in [-0.1, -0.05) is 109 Å². The molecule has 3 aromatic carbocycles. The predicted molar refractivity (Wildman–Crippen MR) is 157 cm³/mol. The van der Waals surface area contributed by atoms with Crippen LogP contribution in [0.4, 0.5) is 0 Å². The molecule has 0 radical (unpaired) electrons. The second-order valence-electron chi connectivity index (χ2n) is 9.65. The Morgan fingerprint density at radius 1 is 0.974 bits per heavy atom. The molecule has 0 aliphatic heterocycles. The van der Waals surface area contributed by atoms with Gasteiger partial charge in [0.15, 0.2) is 11.0 Å². The number of aromatic nitrogens is 3. The van der Waals surface area contributed by atoms with Crippen molar-refractivity contribution in [3.05, 3.63) is 106 Å². The number of nitrogens with one attached hydrogen (secondary N) is 1. The number of carbonyl (C=O) groups excluding carboxylic acids is 1. The molecule has 1 unspecified atom stereocenters. The van der Waals surface area contributed by atoms with Crippen LogP contribution in [0, 0.1) is 13.8 Å². The fraction of sp³-hybridized carbons (Fsp3) is 0.323. The van der Waals surface area contributed by atoms with Crippen molar-refractivity contribution in [2.45, 2.75) is 69.8 Å². The van der Waals surface area contributed by atoms with E-state index < -0.39 is 0 Å². The monoisotopic (exact) mass is 546 g/mol. The van der Waals surface area contributed by atoms with Crippen LogP contribution in [0.2, 0.25) is 5.02 Å². The zero-order valence-electron chi connectivity index (χ0n) is 22.3. The zero-order valence-corrected chi connectivity index (χ0v) is 23.9. The average Bonchev–Trinajstić information content (AvgIpc) is 3.33. The summed E-state index contributed by atoms with van der Waals surface area (Å²) in [4.78, 5) is 13.0. The van der Waals surface area contributed by atoms with Crippen LogP contribution in [-0.2, 0) is 17.0 Å². The number of hydrogen-bond acceptors (Lipinski definition) is 4. The van der Waals surface area contributed by atoms with Crippen LogP contribution in [0.1, 0.15) is 66.7 Å². The van der Waals surface area contributed by atoms with Gasteiger partial charge in [-0.05, 0) is 55.5 Å². The highest BCUT2D eigenvalue weighted by Crippen LogP contribution is 2.31. The largest absolute Gasteiger partial charge is 0.346 e. The Kier molecular flexibility index (Phi) is 10.0. The Labute approximate surface area is 235 Å². The Balaban J connectivity index is 1.73. The van der Waals surface area contributed by atoms with Gasteiger partial charge < -0.3 is 5.32 Å². The van der Waals surface area contributed by atoms with E-state index in [0.717, 1.165) is 47.0 Å². The highest BCUT2D eigenvalue weighted by atomic mass is 35.5. The summed E-state index contributed by atoms with van der Waals surface area (Å²) in [6, 6.07) is 24.2. The SMILES string of the molecule is CCCCCC(=O)NC(Cc1ccccc1)c1nnc(SCc2cccc(C)c2)n1-c1cc(Cl)ccc1C. The molecule has 0 aliphatic rings. The molecule has 0 saturated heterocycles. The highest BCUT2D eigenvalue weighted by Gasteiger charge is 2.25. The third kappa shape index (κ3) is 7.49. The minimum Gasteiger partial charge on any atom is -0.346 e. The molecule has 5 nitrogen and oxygen atoms in total. The molecule has 1 aromatic heterocycles. The number of aryl methyl sites for hydroxylation is 2. The van der Waals surface area contributed by atoms with E-state index in [-0.39, 0.29) is 11.9 Å². The maximum atomic E-state index is 13.0. The lowest BCUT2D eigenvalue weighted by Gasteiger charge is -2.21. The Hall–Kier alpha value is -3.09. The van der Waals surface area contributed by atoms with Crippen molar-refractivity contribution in [2.24, 2.45) is 0 Å². The van der Waals surface area contributed by atoms with Crippen LogP contribution in [0.15, 0.2) is 78.0 Å². The lowest BCUT2D eigenvalue weighted by atomic mass is 10.0. The van der Waals surface area contributed by atoms with Crippen LogP contribution in [-0.4, -0.2) is 20.7 Å². The molecular formula is C31H35ClN4OS. The highest BCUT2D eigenvalue weighted by molar-refractivity contribution is 7.98. The van der Waals surface area contributed by atoms with Gasteiger partial charge in [0, 0.05) is 17.2 Å². The lowest BCUT2D eigenvalue weighted by molar-refractivity contribution is -0.122. The molecule has 1 N–H and O–H groups in total. The molecular weight excluding hydrogens is 512 g/mol. The van der Waals surface area contributed by atoms with Gasteiger partial charge in [-0.3, -0.25) is 9.36 Å². The van der Waals surface area contributed by atoms with Gasteiger partial charge in [-0.2, -0.15) is 0 Å². The normalized spacial score (nSPS) is 11.9. The van der Waals surface area contributed by atoms with Crippen molar-refractivity contribution >= 4 is 29.3 Å². The van der Waals surface area contributed by atoms with Crippen molar-refractivity contribution in [3.63, 3.8) is 0 Å². The third-order valence-electron chi connectivity index (χ3n) is 6.46. The van der Waals surface area contributed by atoms with Crippen molar-refractivity contribution in [2.75, 3.05) is 0 Å². The van der Waals surface area contributed by atoms with E-state index in [1.165, 1.54) is 11.1 Å². The first kappa shape index (κ1) is 27.9. The molecule has 0 bridgehead atoms. The second kappa shape index (κ2) is 13.6. The number of carbonyl (C=O) groups is 1. The van der Waals surface area contributed by atoms with Crippen molar-refractivity contribution in [1.29, 1.82) is 0 Å². The first-order valence-corrected chi connectivity index (χ1v) is 14.5. The summed E-state index contributed by atoms with van der Waals surface area (Å²) in [5.74, 6) is 1.49. The molecule has 1 atom stereocenters. The summed E-state index contributed by atoms with van der Waals surface area (Å²) >= 11 is 8.09. The fourth-order valence-corrected chi connectivity index (χ4v) is 5.52. The van der Waals surface area contributed by atoms with E-state index in [9.17, 15) is 4.79 Å². The number of thioether (sulfide) groups is 1. The molecule has 4 aromatic rings. The van der Waals surface area contributed by atoms with E-state index in [1.807, 2.05) is 36.4 Å². The maximum Gasteiger partial charge on any atom is 0.220 e. The molecule has 0 fully saturated rings. The van der Waals surface area contributed by atoms with Gasteiger partial charge >= 0.3 is 0 Å². The van der Waals surface area contributed by atoms with Crippen LogP contribution >= 0.6 is 23.4 Å². The summed E-state index contributed by atoms with van der Waals surface area (Å²) in [6.07, 6.45) is 4.09. The number of nitrogens with zero attached hydrogens (tertiary/aromatic N) is 3. The summed E-state index contributed by atoms with van der Waals surface area (Å²) < 4.78 is 2.07. The molecule has 1 amide bonds. The van der Waals surface area contributed by atoms with Gasteiger partial charge in [-0.15, -0.1) is 10.2 Å². The van der Waals surface area contributed by atoms with Gasteiger partial charge in [0.2, 0.25) is 5.91 Å². The predicted octanol–water partition coefficient (Wildman–Crippen LogP) is 7.81. The van der Waals surface area contributed by atoms with E-state index in [1.54, 1.807) is 11.8 Å². The van der Waals surface area contributed by atoms with Crippen molar-refractivity contribution in [3.8, 4) is 5.69 Å². The van der Waals surface area contributed by atoms with Gasteiger partial charge in [0.25, 0.3) is 0 Å². The minimum absolute atomic E-state index is 0.0331. The standard InChI is InChI=1S/C31H35ClN4OS/c1-4-5-7-15-29(37)33-27(19-24-12-8-6-9-13-24)30-34-35-31(38-21-25-14-10-11-22(2)18-25)36(30)28-20-26(32)17-16-23(28)3/h6,8-14,16-18,20,27H,4-5,7,15,19,21H2,1-3H3,(H,33,37). The topological polar surface area (TPSA) is 59.8 Å². The molecule has 1 heterocycles. The average molecular weight is 547 g/mol. The number of hydrogen-bond donors (Lipinski definition) is 1. The number of benzene rings is 3. The number of halogens is 1. The number of unbranched alkanes of at least 4 members (excludes halogenated alkanes) is 2. The lowest BCUT2D eigenvalue weighted by Crippen LogP contribution is -2.32. The first-order chi connectivity index (χ1) is 18.4.